The minimum absolute atomic E-state index is 0.0384. The molecule has 248 valence electrons. The Morgan fingerprint density at radius 3 is 2.34 bits per heavy atom. The molecule has 2 heterocycles. The maximum absolute atomic E-state index is 13.6. The molecular formula is C34H37F3N6O4. The lowest BCUT2D eigenvalue weighted by atomic mass is 9.95. The van der Waals surface area contributed by atoms with Crippen molar-refractivity contribution >= 4 is 29.9 Å². The third kappa shape index (κ3) is 8.66. The summed E-state index contributed by atoms with van der Waals surface area (Å²) < 4.78 is 46.0. The van der Waals surface area contributed by atoms with Crippen molar-refractivity contribution in [2.75, 3.05) is 18.1 Å². The summed E-state index contributed by atoms with van der Waals surface area (Å²) in [6.45, 7) is 7.86. The van der Waals surface area contributed by atoms with Crippen molar-refractivity contribution < 1.29 is 32.3 Å². The first-order valence-electron chi connectivity index (χ1n) is 15.3. The number of alkyl halides is 3. The molecule has 47 heavy (non-hydrogen) atoms. The molecular weight excluding hydrogens is 613 g/mol. The summed E-state index contributed by atoms with van der Waals surface area (Å²) >= 11 is 0. The first kappa shape index (κ1) is 33.4. The third-order valence-electron chi connectivity index (χ3n) is 7.71. The zero-order valence-corrected chi connectivity index (χ0v) is 26.6. The molecule has 1 atom stereocenters. The number of hydrazone groups is 1. The number of hydrogen-bond acceptors (Lipinski definition) is 7. The summed E-state index contributed by atoms with van der Waals surface area (Å²) in [4.78, 5) is 43.5. The van der Waals surface area contributed by atoms with Crippen LogP contribution in [0.5, 0.6) is 0 Å². The number of amides is 3. The highest BCUT2D eigenvalue weighted by Crippen LogP contribution is 2.35. The van der Waals surface area contributed by atoms with Gasteiger partial charge in [-0.15, -0.1) is 0 Å². The average molecular weight is 651 g/mol. The standard InChI is InChI=1S/C34H37F3N6O4/c1-21(41-30(44)26-15-28(19-38-17-26)43-14-13-42(20-40-43)31(45)24-9-10-24)22-5-7-23(8-6-22)29-16-27(34(35,36)37)12-11-25(29)18-39-32(46)47-33(2,3)4/h5-8,11-12,15-17,19-21,24H,9-10,13-14,18H2,1-4H3,(H,39,46)(H,41,44)/t21-/m1/s1. The Morgan fingerprint density at radius 1 is 1.00 bits per heavy atom. The van der Waals surface area contributed by atoms with Crippen LogP contribution in [-0.4, -0.2) is 52.8 Å². The van der Waals surface area contributed by atoms with Gasteiger partial charge < -0.3 is 15.4 Å². The number of carbonyl (C=O) groups excluding carboxylic acids is 3. The second-order valence-corrected chi connectivity index (χ2v) is 12.6. The first-order valence-corrected chi connectivity index (χ1v) is 15.3. The first-order chi connectivity index (χ1) is 22.2. The van der Waals surface area contributed by atoms with Crippen molar-refractivity contribution in [3.8, 4) is 11.1 Å². The Hall–Kier alpha value is -4.94. The fraction of sp³-hybridized carbons (Fsp3) is 0.382. The van der Waals surface area contributed by atoms with Crippen molar-refractivity contribution in [3.05, 3.63) is 83.2 Å². The van der Waals surface area contributed by atoms with Crippen LogP contribution in [0.15, 0.2) is 66.0 Å². The number of carbonyl (C=O) groups is 3. The second kappa shape index (κ2) is 13.4. The van der Waals surface area contributed by atoms with Crippen LogP contribution in [0.3, 0.4) is 0 Å². The Bertz CT molecular complexity index is 1670. The Morgan fingerprint density at radius 2 is 1.72 bits per heavy atom. The van der Waals surface area contributed by atoms with Crippen LogP contribution in [0, 0.1) is 5.92 Å². The van der Waals surface area contributed by atoms with E-state index in [9.17, 15) is 27.6 Å². The van der Waals surface area contributed by atoms with Crippen molar-refractivity contribution in [2.24, 2.45) is 11.0 Å². The van der Waals surface area contributed by atoms with Crippen LogP contribution in [0.25, 0.3) is 11.1 Å². The van der Waals surface area contributed by atoms with Gasteiger partial charge in [0, 0.05) is 25.2 Å². The highest BCUT2D eigenvalue weighted by atomic mass is 19.4. The van der Waals surface area contributed by atoms with Gasteiger partial charge >= 0.3 is 12.3 Å². The molecule has 3 amide bonds. The quantitative estimate of drug-likeness (QED) is 0.296. The maximum atomic E-state index is 13.6. The van der Waals surface area contributed by atoms with Gasteiger partial charge in [0.05, 0.1) is 35.6 Å². The summed E-state index contributed by atoms with van der Waals surface area (Å²) in [7, 11) is 0. The number of pyridine rings is 1. The number of rotatable bonds is 8. The highest BCUT2D eigenvalue weighted by Gasteiger charge is 2.34. The van der Waals surface area contributed by atoms with Gasteiger partial charge in [-0.1, -0.05) is 30.3 Å². The lowest BCUT2D eigenvalue weighted by molar-refractivity contribution is -0.137. The Balaban J connectivity index is 1.26. The van der Waals surface area contributed by atoms with Crippen molar-refractivity contribution in [1.29, 1.82) is 0 Å². The van der Waals surface area contributed by atoms with E-state index in [4.69, 9.17) is 4.74 Å². The lowest BCUT2D eigenvalue weighted by Gasteiger charge is -2.28. The number of hydrogen-bond donors (Lipinski definition) is 2. The van der Waals surface area contributed by atoms with E-state index in [2.05, 4.69) is 20.7 Å². The van der Waals surface area contributed by atoms with Crippen molar-refractivity contribution in [3.63, 3.8) is 0 Å². The zero-order valence-electron chi connectivity index (χ0n) is 26.6. The number of halogens is 3. The predicted octanol–water partition coefficient (Wildman–Crippen LogP) is 6.29. The molecule has 1 aliphatic heterocycles. The van der Waals surface area contributed by atoms with Crippen LogP contribution >= 0.6 is 0 Å². The molecule has 0 bridgehead atoms. The van der Waals surface area contributed by atoms with Gasteiger partial charge in [-0.05, 0) is 81.0 Å². The molecule has 2 aromatic carbocycles. The second-order valence-electron chi connectivity index (χ2n) is 12.6. The number of benzene rings is 2. The summed E-state index contributed by atoms with van der Waals surface area (Å²) in [5.74, 6) is -0.172. The smallest absolute Gasteiger partial charge is 0.416 e. The topological polar surface area (TPSA) is 116 Å². The van der Waals surface area contributed by atoms with E-state index in [1.807, 2.05) is 0 Å². The SMILES string of the molecule is C[C@@H](NC(=O)c1cncc(N2CCN(C(=O)C3CC3)C=N2)c1)c1ccc(-c2cc(C(F)(F)F)ccc2CNC(=O)OC(C)(C)C)cc1. The van der Waals surface area contributed by atoms with E-state index in [1.165, 1.54) is 18.6 Å². The van der Waals surface area contributed by atoms with Gasteiger partial charge in [0.25, 0.3) is 5.91 Å². The fourth-order valence-electron chi connectivity index (χ4n) is 5.04. The molecule has 3 aromatic rings. The molecule has 5 rings (SSSR count). The normalized spacial score (nSPS) is 15.6. The van der Waals surface area contributed by atoms with Crippen molar-refractivity contribution in [2.45, 2.75) is 64.9 Å². The Kier molecular flexibility index (Phi) is 9.55. The largest absolute Gasteiger partial charge is 0.444 e. The molecule has 0 unspecified atom stereocenters. The van der Waals surface area contributed by atoms with Crippen LogP contribution in [-0.2, 0) is 22.3 Å². The number of ether oxygens (including phenoxy) is 1. The zero-order chi connectivity index (χ0) is 33.9. The predicted molar refractivity (Wildman–Crippen MR) is 170 cm³/mol. The van der Waals surface area contributed by atoms with E-state index < -0.39 is 29.5 Å². The minimum Gasteiger partial charge on any atom is -0.444 e. The maximum Gasteiger partial charge on any atom is 0.416 e. The average Bonchev–Trinajstić information content (AvgIpc) is 3.88. The molecule has 1 fully saturated rings. The summed E-state index contributed by atoms with van der Waals surface area (Å²) in [6.07, 6.45) is 1.17. The molecule has 1 aromatic heterocycles. The highest BCUT2D eigenvalue weighted by molar-refractivity contribution is 5.95. The summed E-state index contributed by atoms with van der Waals surface area (Å²) in [5, 5.41) is 11.6. The third-order valence-corrected chi connectivity index (χ3v) is 7.71. The number of alkyl carbamates (subject to hydrolysis) is 1. The number of nitrogens with zero attached hydrogens (tertiary/aromatic N) is 4. The molecule has 1 aliphatic carbocycles. The molecule has 1 saturated carbocycles. The molecule has 13 heteroatoms. The number of nitrogens with one attached hydrogen (secondary N) is 2. The van der Waals surface area contributed by atoms with Gasteiger partial charge in [0.2, 0.25) is 5.91 Å². The molecule has 0 radical (unpaired) electrons. The van der Waals surface area contributed by atoms with Gasteiger partial charge in [0.15, 0.2) is 0 Å². The van der Waals surface area contributed by atoms with E-state index in [0.717, 1.165) is 30.5 Å². The van der Waals surface area contributed by atoms with Gasteiger partial charge in [-0.25, -0.2) is 4.79 Å². The molecule has 0 saturated heterocycles. The summed E-state index contributed by atoms with van der Waals surface area (Å²) in [5.41, 5.74) is 1.42. The molecule has 2 N–H and O–H groups in total. The van der Waals surface area contributed by atoms with Crippen LogP contribution in [0.4, 0.5) is 23.7 Å². The van der Waals surface area contributed by atoms with E-state index in [1.54, 1.807) is 74.1 Å². The monoisotopic (exact) mass is 650 g/mol. The van der Waals surface area contributed by atoms with Crippen LogP contribution in [0.1, 0.15) is 73.6 Å². The lowest BCUT2D eigenvalue weighted by Crippen LogP contribution is -2.42. The minimum atomic E-state index is -4.55. The molecule has 0 spiro atoms. The van der Waals surface area contributed by atoms with Gasteiger partial charge in [-0.2, -0.15) is 18.3 Å². The van der Waals surface area contributed by atoms with Gasteiger partial charge in [-0.3, -0.25) is 24.5 Å². The Labute approximate surface area is 271 Å². The van der Waals surface area contributed by atoms with Crippen LogP contribution in [0.2, 0.25) is 0 Å². The molecule has 2 aliphatic rings. The van der Waals surface area contributed by atoms with Gasteiger partial charge in [0.1, 0.15) is 11.9 Å². The molecule has 10 nitrogen and oxygen atoms in total. The fourth-order valence-corrected chi connectivity index (χ4v) is 5.04. The van der Waals surface area contributed by atoms with Crippen molar-refractivity contribution in [1.82, 2.24) is 20.5 Å². The van der Waals surface area contributed by atoms with E-state index in [0.29, 0.717) is 41.0 Å². The van der Waals surface area contributed by atoms with E-state index in [-0.39, 0.29) is 24.3 Å². The number of anilines is 1. The van der Waals surface area contributed by atoms with E-state index >= 15 is 0 Å². The summed E-state index contributed by atoms with van der Waals surface area (Å²) in [6, 6.07) is 11.4. The number of aromatic nitrogens is 1. The van der Waals surface area contributed by atoms with Crippen LogP contribution < -0.4 is 15.6 Å².